The first-order valence-electron chi connectivity index (χ1n) is 5.88. The van der Waals surface area contributed by atoms with Crippen LogP contribution in [0.5, 0.6) is 0 Å². The number of nitrogens with zero attached hydrogens (tertiary/aromatic N) is 1. The zero-order valence-corrected chi connectivity index (χ0v) is 11.4. The van der Waals surface area contributed by atoms with Crippen LogP contribution >= 0.6 is 11.3 Å². The van der Waals surface area contributed by atoms with Crippen LogP contribution in [-0.4, -0.2) is 39.8 Å². The third-order valence-corrected chi connectivity index (χ3v) is 3.51. The number of thiazole rings is 1. The number of carboxylic acids is 1. The van der Waals surface area contributed by atoms with Crippen molar-refractivity contribution in [3.63, 3.8) is 0 Å². The van der Waals surface area contributed by atoms with Crippen molar-refractivity contribution in [3.8, 4) is 0 Å². The first kappa shape index (κ1) is 15.4. The number of hydrogen-bond donors (Lipinski definition) is 4. The maximum Gasteiger partial charge on any atom is 0.326 e. The number of carbonyl (C=O) groups excluding carboxylic acids is 1. The van der Waals surface area contributed by atoms with E-state index in [1.165, 1.54) is 11.3 Å². The summed E-state index contributed by atoms with van der Waals surface area (Å²) < 4.78 is 0. The Balaban J connectivity index is 2.40. The minimum atomic E-state index is -1.17. The molecule has 1 rings (SSSR count). The molecule has 1 heterocycles. The fourth-order valence-electron chi connectivity index (χ4n) is 1.34. The first-order valence-corrected chi connectivity index (χ1v) is 6.70. The number of urea groups is 1. The van der Waals surface area contributed by atoms with Gasteiger partial charge >= 0.3 is 12.0 Å². The summed E-state index contributed by atoms with van der Waals surface area (Å²) in [5.74, 6) is -1.17. The van der Waals surface area contributed by atoms with Gasteiger partial charge in [0, 0.05) is 24.1 Å². The summed E-state index contributed by atoms with van der Waals surface area (Å²) in [5.41, 5.74) is 0. The monoisotopic (exact) mass is 287 g/mol. The number of aliphatic carboxylic acids is 1. The third kappa shape index (κ3) is 5.23. The highest BCUT2D eigenvalue weighted by Gasteiger charge is 2.18. The molecule has 0 spiro atoms. The van der Waals surface area contributed by atoms with E-state index in [4.69, 9.17) is 10.2 Å². The molecule has 1 aromatic rings. The average Bonchev–Trinajstić information content (AvgIpc) is 2.83. The molecule has 0 aliphatic rings. The Morgan fingerprint density at radius 3 is 2.79 bits per heavy atom. The zero-order chi connectivity index (χ0) is 14.3. The Hall–Kier alpha value is -1.67. The summed E-state index contributed by atoms with van der Waals surface area (Å²) in [7, 11) is 0. The molecule has 0 fully saturated rings. The molecule has 0 aliphatic carbocycles. The largest absolute Gasteiger partial charge is 0.480 e. The van der Waals surface area contributed by atoms with Crippen LogP contribution in [0.15, 0.2) is 6.20 Å². The number of aliphatic hydroxyl groups excluding tert-OH is 1. The standard InChI is InChI=1S/C11H17N3O4S/c1-2-7-5-12-9(19-7)6-13-11(18)14-8(3-4-15)10(16)17/h5,8,15H,2-4,6H2,1H3,(H,16,17)(H2,13,14,18)/t8-/m0/s1. The molecule has 1 atom stereocenters. The van der Waals surface area contributed by atoms with Gasteiger partial charge in [-0.3, -0.25) is 0 Å². The number of aromatic nitrogens is 1. The number of hydrogen-bond acceptors (Lipinski definition) is 5. The molecule has 4 N–H and O–H groups in total. The van der Waals surface area contributed by atoms with E-state index in [9.17, 15) is 9.59 Å². The Labute approximate surface area is 114 Å². The molecule has 106 valence electrons. The van der Waals surface area contributed by atoms with E-state index in [0.717, 1.165) is 16.3 Å². The Kier molecular flexibility index (Phi) is 6.23. The predicted octanol–water partition coefficient (Wildman–Crippen LogP) is 0.340. The van der Waals surface area contributed by atoms with Gasteiger partial charge in [-0.05, 0) is 6.42 Å². The van der Waals surface area contributed by atoms with E-state index in [1.54, 1.807) is 6.20 Å². The van der Waals surface area contributed by atoms with Crippen LogP contribution in [0.1, 0.15) is 23.2 Å². The van der Waals surface area contributed by atoms with Crippen molar-refractivity contribution < 1.29 is 19.8 Å². The van der Waals surface area contributed by atoms with E-state index < -0.39 is 18.0 Å². The smallest absolute Gasteiger partial charge is 0.326 e. The summed E-state index contributed by atoms with van der Waals surface area (Å²) in [5, 5.41) is 23.1. The first-order chi connectivity index (χ1) is 9.06. The second-order valence-electron chi connectivity index (χ2n) is 3.80. The van der Waals surface area contributed by atoms with Crippen LogP contribution in [0, 0.1) is 0 Å². The summed E-state index contributed by atoms with van der Waals surface area (Å²) in [6.07, 6.45) is 2.62. The van der Waals surface area contributed by atoms with Crippen molar-refractivity contribution in [1.82, 2.24) is 15.6 Å². The van der Waals surface area contributed by atoms with Gasteiger partial charge in [-0.2, -0.15) is 0 Å². The lowest BCUT2D eigenvalue weighted by molar-refractivity contribution is -0.139. The van der Waals surface area contributed by atoms with Gasteiger partial charge < -0.3 is 20.8 Å². The van der Waals surface area contributed by atoms with Gasteiger partial charge in [0.2, 0.25) is 0 Å². The number of carbonyl (C=O) groups is 2. The normalized spacial score (nSPS) is 11.9. The molecule has 19 heavy (non-hydrogen) atoms. The minimum absolute atomic E-state index is 0.0278. The Morgan fingerprint density at radius 1 is 1.53 bits per heavy atom. The van der Waals surface area contributed by atoms with Gasteiger partial charge in [0.05, 0.1) is 6.54 Å². The molecule has 0 saturated heterocycles. The van der Waals surface area contributed by atoms with Gasteiger partial charge in [0.15, 0.2) is 0 Å². The Morgan fingerprint density at radius 2 is 2.26 bits per heavy atom. The van der Waals surface area contributed by atoms with E-state index in [0.29, 0.717) is 0 Å². The zero-order valence-electron chi connectivity index (χ0n) is 10.5. The summed E-state index contributed by atoms with van der Waals surface area (Å²) in [4.78, 5) is 27.5. The molecular formula is C11H17N3O4S. The number of amides is 2. The Bertz CT molecular complexity index is 435. The summed E-state index contributed by atoms with van der Waals surface area (Å²) >= 11 is 1.50. The molecule has 0 unspecified atom stereocenters. The number of carboxylic acid groups (broad SMARTS) is 1. The van der Waals surface area contributed by atoms with Gasteiger partial charge in [-0.25, -0.2) is 14.6 Å². The lowest BCUT2D eigenvalue weighted by atomic mass is 10.2. The molecule has 0 radical (unpaired) electrons. The van der Waals surface area contributed by atoms with Crippen LogP contribution in [0.4, 0.5) is 4.79 Å². The van der Waals surface area contributed by atoms with Crippen molar-refractivity contribution >= 4 is 23.3 Å². The SMILES string of the molecule is CCc1cnc(CNC(=O)N[C@@H](CCO)C(=O)O)s1. The van der Waals surface area contributed by atoms with Crippen molar-refractivity contribution in [1.29, 1.82) is 0 Å². The highest BCUT2D eigenvalue weighted by molar-refractivity contribution is 7.11. The molecule has 0 aliphatic heterocycles. The quantitative estimate of drug-likeness (QED) is 0.578. The van der Waals surface area contributed by atoms with Gasteiger partial charge in [0.25, 0.3) is 0 Å². The van der Waals surface area contributed by atoms with Crippen molar-refractivity contribution in [2.24, 2.45) is 0 Å². The highest BCUT2D eigenvalue weighted by Crippen LogP contribution is 2.12. The van der Waals surface area contributed by atoms with Crippen LogP contribution in [-0.2, 0) is 17.8 Å². The van der Waals surface area contributed by atoms with Crippen molar-refractivity contribution in [2.75, 3.05) is 6.61 Å². The predicted molar refractivity (Wildman–Crippen MR) is 70.0 cm³/mol. The number of aryl methyl sites for hydroxylation is 1. The third-order valence-electron chi connectivity index (χ3n) is 2.37. The fraction of sp³-hybridized carbons (Fsp3) is 0.545. The lowest BCUT2D eigenvalue weighted by Crippen LogP contribution is -2.46. The van der Waals surface area contributed by atoms with Crippen LogP contribution in [0.25, 0.3) is 0 Å². The van der Waals surface area contributed by atoms with Crippen molar-refractivity contribution in [3.05, 3.63) is 16.1 Å². The van der Waals surface area contributed by atoms with E-state index in [2.05, 4.69) is 15.6 Å². The van der Waals surface area contributed by atoms with E-state index in [1.807, 2.05) is 6.92 Å². The average molecular weight is 287 g/mol. The molecule has 1 aromatic heterocycles. The molecule has 8 heteroatoms. The van der Waals surface area contributed by atoms with Gasteiger partial charge in [-0.1, -0.05) is 6.92 Å². The second kappa shape index (κ2) is 7.70. The van der Waals surface area contributed by atoms with E-state index >= 15 is 0 Å². The minimum Gasteiger partial charge on any atom is -0.480 e. The van der Waals surface area contributed by atoms with Crippen molar-refractivity contribution in [2.45, 2.75) is 32.4 Å². The maximum absolute atomic E-state index is 11.5. The molecule has 7 nitrogen and oxygen atoms in total. The number of nitrogens with one attached hydrogen (secondary N) is 2. The molecule has 2 amide bonds. The molecule has 0 bridgehead atoms. The van der Waals surface area contributed by atoms with Crippen LogP contribution in [0.2, 0.25) is 0 Å². The van der Waals surface area contributed by atoms with Crippen LogP contribution < -0.4 is 10.6 Å². The summed E-state index contributed by atoms with van der Waals surface area (Å²) in [6.45, 7) is 1.97. The number of aliphatic hydroxyl groups is 1. The maximum atomic E-state index is 11.5. The second-order valence-corrected chi connectivity index (χ2v) is 5.00. The topological polar surface area (TPSA) is 112 Å². The molecular weight excluding hydrogens is 270 g/mol. The fourth-order valence-corrected chi connectivity index (χ4v) is 2.15. The van der Waals surface area contributed by atoms with E-state index in [-0.39, 0.29) is 19.6 Å². The van der Waals surface area contributed by atoms with Gasteiger partial charge in [-0.15, -0.1) is 11.3 Å². The summed E-state index contributed by atoms with van der Waals surface area (Å²) in [6, 6.07) is -1.68. The van der Waals surface area contributed by atoms with Gasteiger partial charge in [0.1, 0.15) is 11.0 Å². The molecule has 0 aromatic carbocycles. The highest BCUT2D eigenvalue weighted by atomic mass is 32.1. The number of rotatable bonds is 7. The lowest BCUT2D eigenvalue weighted by Gasteiger charge is -2.13. The molecule has 0 saturated carbocycles. The van der Waals surface area contributed by atoms with Crippen LogP contribution in [0.3, 0.4) is 0 Å².